The molecule has 21 heavy (non-hydrogen) atoms. The number of nitrogen functional groups attached to an aromatic ring is 1. The molecule has 8 heteroatoms. The van der Waals surface area contributed by atoms with Gasteiger partial charge in [0.15, 0.2) is 0 Å². The smallest absolute Gasteiger partial charge is 0.252 e. The Morgan fingerprint density at radius 2 is 2.00 bits per heavy atom. The van der Waals surface area contributed by atoms with Crippen molar-refractivity contribution < 1.29 is 13.2 Å². The summed E-state index contributed by atoms with van der Waals surface area (Å²) in [6.07, 6.45) is 2.42. The minimum absolute atomic E-state index is 0.0242. The van der Waals surface area contributed by atoms with Crippen LogP contribution in [0.15, 0.2) is 22.7 Å². The second-order valence-corrected chi connectivity index (χ2v) is 7.89. The van der Waals surface area contributed by atoms with Crippen molar-refractivity contribution >= 4 is 37.5 Å². The number of anilines is 1. The standard InChI is InChI=1S/C13H18BrN3O3S/c1-21(19,20)17-7-5-9(6-8-17)16-13(18)10-3-2-4-11(15)12(10)14/h2-4,9H,5-8,15H2,1H3,(H,16,18). The average molecular weight is 376 g/mol. The molecule has 6 nitrogen and oxygen atoms in total. The van der Waals surface area contributed by atoms with E-state index in [-0.39, 0.29) is 11.9 Å². The highest BCUT2D eigenvalue weighted by atomic mass is 79.9. The minimum Gasteiger partial charge on any atom is -0.398 e. The van der Waals surface area contributed by atoms with E-state index in [2.05, 4.69) is 21.2 Å². The molecule has 1 aromatic rings. The van der Waals surface area contributed by atoms with E-state index in [1.165, 1.54) is 10.6 Å². The Kier molecular flexibility index (Phi) is 4.90. The highest BCUT2D eigenvalue weighted by molar-refractivity contribution is 9.10. The lowest BCUT2D eigenvalue weighted by Crippen LogP contribution is -2.46. The third-order valence-electron chi connectivity index (χ3n) is 3.53. The Morgan fingerprint density at radius 3 is 2.57 bits per heavy atom. The first kappa shape index (κ1) is 16.3. The highest BCUT2D eigenvalue weighted by Crippen LogP contribution is 2.24. The van der Waals surface area contributed by atoms with Crippen LogP contribution in [-0.2, 0) is 10.0 Å². The number of sulfonamides is 1. The number of hydrogen-bond acceptors (Lipinski definition) is 4. The number of rotatable bonds is 3. The summed E-state index contributed by atoms with van der Waals surface area (Å²) in [6.45, 7) is 0.865. The summed E-state index contributed by atoms with van der Waals surface area (Å²) in [6, 6.07) is 5.11. The van der Waals surface area contributed by atoms with Crippen LogP contribution < -0.4 is 11.1 Å². The lowest BCUT2D eigenvalue weighted by Gasteiger charge is -2.30. The lowest BCUT2D eigenvalue weighted by atomic mass is 10.1. The van der Waals surface area contributed by atoms with Crippen LogP contribution in [0.3, 0.4) is 0 Å². The van der Waals surface area contributed by atoms with Gasteiger partial charge in [0.25, 0.3) is 5.91 Å². The van der Waals surface area contributed by atoms with Gasteiger partial charge in [0.05, 0.1) is 16.3 Å². The van der Waals surface area contributed by atoms with Crippen LogP contribution in [-0.4, -0.2) is 44.0 Å². The van der Waals surface area contributed by atoms with Crippen LogP contribution in [0.4, 0.5) is 5.69 Å². The number of halogens is 1. The zero-order valence-electron chi connectivity index (χ0n) is 11.7. The predicted molar refractivity (Wildman–Crippen MR) is 85.5 cm³/mol. The number of piperidine rings is 1. The first-order valence-corrected chi connectivity index (χ1v) is 9.23. The summed E-state index contributed by atoms with van der Waals surface area (Å²) < 4.78 is 24.9. The molecule has 1 aromatic carbocycles. The van der Waals surface area contributed by atoms with Gasteiger partial charge in [0.1, 0.15) is 0 Å². The second-order valence-electron chi connectivity index (χ2n) is 5.12. The molecular formula is C13H18BrN3O3S. The van der Waals surface area contributed by atoms with Crippen LogP contribution in [0.1, 0.15) is 23.2 Å². The van der Waals surface area contributed by atoms with E-state index < -0.39 is 10.0 Å². The minimum atomic E-state index is -3.15. The summed E-state index contributed by atoms with van der Waals surface area (Å²) >= 11 is 3.31. The van der Waals surface area contributed by atoms with Crippen molar-refractivity contribution in [2.75, 3.05) is 25.1 Å². The Labute approximate surface area is 132 Å². The van der Waals surface area contributed by atoms with Gasteiger partial charge < -0.3 is 11.1 Å². The Hall–Kier alpha value is -1.12. The summed E-state index contributed by atoms with van der Waals surface area (Å²) in [5, 5.41) is 2.93. The summed E-state index contributed by atoms with van der Waals surface area (Å²) in [5.74, 6) is -0.202. The van der Waals surface area contributed by atoms with E-state index in [0.717, 1.165) is 0 Å². The fourth-order valence-corrected chi connectivity index (χ4v) is 3.64. The molecule has 0 bridgehead atoms. The molecule has 0 aromatic heterocycles. The molecule has 1 aliphatic rings. The van der Waals surface area contributed by atoms with Crippen molar-refractivity contribution in [3.05, 3.63) is 28.2 Å². The van der Waals surface area contributed by atoms with Gasteiger partial charge in [0, 0.05) is 24.8 Å². The van der Waals surface area contributed by atoms with E-state index in [1.54, 1.807) is 18.2 Å². The summed E-state index contributed by atoms with van der Waals surface area (Å²) in [7, 11) is -3.15. The Bertz CT molecular complexity index is 640. The van der Waals surface area contributed by atoms with Crippen molar-refractivity contribution in [3.8, 4) is 0 Å². The number of nitrogens with two attached hydrogens (primary N) is 1. The van der Waals surface area contributed by atoms with E-state index in [0.29, 0.717) is 41.7 Å². The van der Waals surface area contributed by atoms with Crippen molar-refractivity contribution in [1.29, 1.82) is 0 Å². The number of carbonyl (C=O) groups is 1. The van der Waals surface area contributed by atoms with Gasteiger partial charge in [0.2, 0.25) is 10.0 Å². The predicted octanol–water partition coefficient (Wildman–Crippen LogP) is 1.19. The first-order valence-electron chi connectivity index (χ1n) is 6.59. The molecule has 1 fully saturated rings. The molecule has 0 radical (unpaired) electrons. The van der Waals surface area contributed by atoms with Crippen LogP contribution in [0, 0.1) is 0 Å². The summed E-state index contributed by atoms with van der Waals surface area (Å²) in [4.78, 5) is 12.2. The van der Waals surface area contributed by atoms with Crippen LogP contribution in [0.2, 0.25) is 0 Å². The molecule has 0 saturated carbocycles. The first-order chi connectivity index (χ1) is 9.79. The number of hydrogen-bond donors (Lipinski definition) is 2. The molecule has 3 N–H and O–H groups in total. The van der Waals surface area contributed by atoms with Gasteiger partial charge in [-0.15, -0.1) is 0 Å². The molecule has 2 rings (SSSR count). The topological polar surface area (TPSA) is 92.5 Å². The fraction of sp³-hybridized carbons (Fsp3) is 0.462. The molecule has 0 unspecified atom stereocenters. The molecule has 0 aliphatic carbocycles. The van der Waals surface area contributed by atoms with Gasteiger partial charge in [-0.2, -0.15) is 0 Å². The monoisotopic (exact) mass is 375 g/mol. The molecule has 0 spiro atoms. The van der Waals surface area contributed by atoms with Crippen LogP contribution in [0.25, 0.3) is 0 Å². The quantitative estimate of drug-likeness (QED) is 0.775. The highest BCUT2D eigenvalue weighted by Gasteiger charge is 2.26. The number of amides is 1. The van der Waals surface area contributed by atoms with E-state index >= 15 is 0 Å². The maximum absolute atomic E-state index is 12.2. The largest absolute Gasteiger partial charge is 0.398 e. The van der Waals surface area contributed by atoms with Crippen molar-refractivity contribution in [2.45, 2.75) is 18.9 Å². The van der Waals surface area contributed by atoms with E-state index in [9.17, 15) is 13.2 Å². The lowest BCUT2D eigenvalue weighted by molar-refractivity contribution is 0.0923. The van der Waals surface area contributed by atoms with Gasteiger partial charge >= 0.3 is 0 Å². The summed E-state index contributed by atoms with van der Waals surface area (Å²) in [5.41, 5.74) is 6.75. The van der Waals surface area contributed by atoms with E-state index in [1.807, 2.05) is 0 Å². The Morgan fingerprint density at radius 1 is 1.38 bits per heavy atom. The van der Waals surface area contributed by atoms with Gasteiger partial charge in [-0.1, -0.05) is 6.07 Å². The van der Waals surface area contributed by atoms with E-state index in [4.69, 9.17) is 5.73 Å². The SMILES string of the molecule is CS(=O)(=O)N1CCC(NC(=O)c2cccc(N)c2Br)CC1. The van der Waals surface area contributed by atoms with Crippen molar-refractivity contribution in [3.63, 3.8) is 0 Å². The number of nitrogens with one attached hydrogen (secondary N) is 1. The normalized spacial score (nSPS) is 17.6. The van der Waals surface area contributed by atoms with Gasteiger partial charge in [-0.3, -0.25) is 4.79 Å². The van der Waals surface area contributed by atoms with Gasteiger partial charge in [-0.05, 0) is 40.9 Å². The molecule has 1 saturated heterocycles. The van der Waals surface area contributed by atoms with Crippen LogP contribution >= 0.6 is 15.9 Å². The molecule has 1 heterocycles. The second kappa shape index (κ2) is 6.33. The third kappa shape index (κ3) is 3.96. The van der Waals surface area contributed by atoms with Crippen LogP contribution in [0.5, 0.6) is 0 Å². The number of carbonyl (C=O) groups excluding carboxylic acids is 1. The maximum Gasteiger partial charge on any atom is 0.252 e. The average Bonchev–Trinajstić information content (AvgIpc) is 2.41. The number of nitrogens with zero attached hydrogens (tertiary/aromatic N) is 1. The van der Waals surface area contributed by atoms with Crippen molar-refractivity contribution in [1.82, 2.24) is 9.62 Å². The molecule has 1 aliphatic heterocycles. The van der Waals surface area contributed by atoms with Crippen molar-refractivity contribution in [2.24, 2.45) is 0 Å². The zero-order chi connectivity index (χ0) is 15.6. The van der Waals surface area contributed by atoms with Gasteiger partial charge in [-0.25, -0.2) is 12.7 Å². The maximum atomic E-state index is 12.2. The molecule has 0 atom stereocenters. The molecule has 116 valence electrons. The zero-order valence-corrected chi connectivity index (χ0v) is 14.1. The molecule has 1 amide bonds. The Balaban J connectivity index is 1.98. The molecular weight excluding hydrogens is 358 g/mol. The number of benzene rings is 1. The fourth-order valence-electron chi connectivity index (χ4n) is 2.32. The third-order valence-corrected chi connectivity index (χ3v) is 5.72.